The van der Waals surface area contributed by atoms with E-state index in [1.54, 1.807) is 45.1 Å². The van der Waals surface area contributed by atoms with Crippen LogP contribution >= 0.6 is 0 Å². The van der Waals surface area contributed by atoms with Gasteiger partial charge in [0.05, 0.1) is 18.3 Å². The van der Waals surface area contributed by atoms with Crippen LogP contribution in [-0.4, -0.2) is 85.6 Å². The van der Waals surface area contributed by atoms with Gasteiger partial charge >= 0.3 is 5.97 Å². The van der Waals surface area contributed by atoms with E-state index in [9.17, 15) is 25.2 Å². The standard InChI is InChI=1S/C30H38O9/c1-6-7-8-9-10-11-12-13-27-37-24-20-23-26(15-31,36-23)25(34)28(35)19(14-17(4)21(28)32)30(20,39-27)18(5)22(33)29(24,38-27)16(2)3/h8-14,18-20,22-25,31,33-35H,2,6-7,15H2,1,3-5H3/b9-8+,11-10+,13-12+/t18-,19-,20+,22-,23+,24-,25-,26+,27-,28+,29+,30+/m1/s1. The fraction of sp³-hybridized carbons (Fsp3) is 0.633. The summed E-state index contributed by atoms with van der Waals surface area (Å²) in [6.45, 7) is 10.7. The van der Waals surface area contributed by atoms with E-state index in [1.807, 2.05) is 12.2 Å². The predicted octanol–water partition coefficient (Wildman–Crippen LogP) is 1.62. The largest absolute Gasteiger partial charge is 0.393 e. The summed E-state index contributed by atoms with van der Waals surface area (Å²) >= 11 is 0. The van der Waals surface area contributed by atoms with Crippen molar-refractivity contribution in [1.82, 2.24) is 0 Å². The van der Waals surface area contributed by atoms with Crippen LogP contribution in [0, 0.1) is 17.8 Å². The zero-order valence-corrected chi connectivity index (χ0v) is 22.7. The van der Waals surface area contributed by atoms with E-state index >= 15 is 0 Å². The summed E-state index contributed by atoms with van der Waals surface area (Å²) in [5.74, 6) is -4.95. The van der Waals surface area contributed by atoms with Crippen LogP contribution < -0.4 is 0 Å². The lowest BCUT2D eigenvalue weighted by molar-refractivity contribution is -0.407. The maximum Gasteiger partial charge on any atom is 0.306 e. The van der Waals surface area contributed by atoms with Crippen molar-refractivity contribution in [1.29, 1.82) is 0 Å². The highest BCUT2D eigenvalue weighted by molar-refractivity contribution is 6.05. The summed E-state index contributed by atoms with van der Waals surface area (Å²) in [4.78, 5) is 13.5. The van der Waals surface area contributed by atoms with Crippen molar-refractivity contribution in [3.63, 3.8) is 0 Å². The van der Waals surface area contributed by atoms with Gasteiger partial charge in [0.25, 0.3) is 0 Å². The number of unbranched alkanes of at least 4 members (excludes halogenated alkanes) is 1. The van der Waals surface area contributed by atoms with E-state index in [2.05, 4.69) is 19.6 Å². The van der Waals surface area contributed by atoms with Crippen LogP contribution in [0.15, 0.2) is 60.3 Å². The summed E-state index contributed by atoms with van der Waals surface area (Å²) in [5, 5.41) is 45.9. The summed E-state index contributed by atoms with van der Waals surface area (Å²) in [5.41, 5.74) is -6.04. The molecule has 5 fully saturated rings. The number of ether oxygens (including phenoxy) is 4. The second kappa shape index (κ2) is 8.53. The molecule has 9 nitrogen and oxygen atoms in total. The molecule has 6 rings (SSSR count). The average Bonchev–Trinajstić information content (AvgIpc) is 3.53. The molecule has 3 aliphatic carbocycles. The number of aliphatic hydroxyl groups excluding tert-OH is 3. The van der Waals surface area contributed by atoms with Gasteiger partial charge in [0.1, 0.15) is 29.5 Å². The Morgan fingerprint density at radius 1 is 1.13 bits per heavy atom. The minimum Gasteiger partial charge on any atom is -0.393 e. The quantitative estimate of drug-likeness (QED) is 0.215. The molecule has 6 aliphatic rings. The Hall–Kier alpha value is -1.95. The maximum atomic E-state index is 13.5. The van der Waals surface area contributed by atoms with Gasteiger partial charge in [0, 0.05) is 23.8 Å². The number of rotatable bonds is 7. The summed E-state index contributed by atoms with van der Waals surface area (Å²) in [7, 11) is 0. The second-order valence-corrected chi connectivity index (χ2v) is 12.0. The van der Waals surface area contributed by atoms with Crippen LogP contribution in [0.3, 0.4) is 0 Å². The molecule has 0 spiro atoms. The number of carbonyl (C=O) groups is 1. The normalized spacial score (nSPS) is 53.3. The molecule has 0 aromatic heterocycles. The number of ketones is 1. The van der Waals surface area contributed by atoms with E-state index in [1.165, 1.54) is 0 Å². The van der Waals surface area contributed by atoms with Crippen molar-refractivity contribution in [2.24, 2.45) is 17.8 Å². The molecule has 3 saturated heterocycles. The summed E-state index contributed by atoms with van der Waals surface area (Å²) in [6.07, 6.45) is 10.0. The molecular weight excluding hydrogens is 504 g/mol. The molecule has 2 saturated carbocycles. The lowest BCUT2D eigenvalue weighted by Crippen LogP contribution is -2.76. The number of aliphatic hydroxyl groups is 4. The van der Waals surface area contributed by atoms with Crippen molar-refractivity contribution < 1.29 is 44.2 Å². The van der Waals surface area contributed by atoms with E-state index in [4.69, 9.17) is 18.9 Å². The van der Waals surface area contributed by atoms with Gasteiger partial charge in [-0.3, -0.25) is 4.79 Å². The number of Topliss-reactive ketones (excluding diaryl/α,β-unsaturated/α-hetero) is 1. The van der Waals surface area contributed by atoms with E-state index in [-0.39, 0.29) is 5.57 Å². The second-order valence-electron chi connectivity index (χ2n) is 12.0. The highest BCUT2D eigenvalue weighted by Crippen LogP contribution is 2.72. The smallest absolute Gasteiger partial charge is 0.306 e. The zero-order valence-electron chi connectivity index (χ0n) is 22.7. The summed E-state index contributed by atoms with van der Waals surface area (Å²) < 4.78 is 25.9. The number of epoxide rings is 1. The summed E-state index contributed by atoms with van der Waals surface area (Å²) in [6, 6.07) is 0. The van der Waals surface area contributed by atoms with Crippen molar-refractivity contribution in [2.45, 2.75) is 93.3 Å². The molecule has 3 heterocycles. The van der Waals surface area contributed by atoms with Crippen molar-refractivity contribution in [3.8, 4) is 0 Å². The minimum absolute atomic E-state index is 0.259. The Balaban J connectivity index is 1.54. The molecule has 0 radical (unpaired) electrons. The van der Waals surface area contributed by atoms with Crippen LogP contribution in [0.4, 0.5) is 0 Å². The third-order valence-corrected chi connectivity index (χ3v) is 10.0. The molecule has 0 aromatic carbocycles. The first-order valence-corrected chi connectivity index (χ1v) is 13.8. The van der Waals surface area contributed by atoms with Gasteiger partial charge in [0.15, 0.2) is 11.4 Å². The van der Waals surface area contributed by atoms with Gasteiger partial charge < -0.3 is 39.4 Å². The predicted molar refractivity (Wildman–Crippen MR) is 139 cm³/mol. The Morgan fingerprint density at radius 3 is 2.51 bits per heavy atom. The van der Waals surface area contributed by atoms with Crippen molar-refractivity contribution in [2.75, 3.05) is 6.61 Å². The number of hydrogen-bond acceptors (Lipinski definition) is 9. The van der Waals surface area contributed by atoms with Gasteiger partial charge in [-0.2, -0.15) is 0 Å². The SMILES string of the molecule is C=C(C)[C@@]12O[C@@]3(/C=C/C=C/C=C/CCC)O[C@@H]1[C@@H]1[C@@H]4O[C@]4(CO)[C@@H](O)[C@@]4(O)C(=O)C(C)=C[C@H]4[C@@]1(O3)[C@H](C)[C@H]2O. The molecule has 212 valence electrons. The molecule has 12 atom stereocenters. The molecule has 39 heavy (non-hydrogen) atoms. The van der Waals surface area contributed by atoms with E-state index in [0.717, 1.165) is 12.8 Å². The van der Waals surface area contributed by atoms with Gasteiger partial charge in [-0.25, -0.2) is 0 Å². The fourth-order valence-electron chi connectivity index (χ4n) is 8.11. The average molecular weight is 543 g/mol. The first-order chi connectivity index (χ1) is 18.4. The molecule has 9 heteroatoms. The Kier molecular flexibility index (Phi) is 5.96. The highest BCUT2D eigenvalue weighted by Gasteiger charge is 2.89. The zero-order chi connectivity index (χ0) is 28.2. The molecule has 3 bridgehead atoms. The van der Waals surface area contributed by atoms with Crippen LogP contribution in [0.5, 0.6) is 0 Å². The highest BCUT2D eigenvalue weighted by atomic mass is 16.9. The van der Waals surface area contributed by atoms with Gasteiger partial charge in [-0.15, -0.1) is 0 Å². The lowest BCUT2D eigenvalue weighted by Gasteiger charge is -2.60. The molecule has 3 aliphatic heterocycles. The number of allylic oxidation sites excluding steroid dienone is 5. The van der Waals surface area contributed by atoms with Crippen LogP contribution in [0.1, 0.15) is 40.5 Å². The van der Waals surface area contributed by atoms with E-state index in [0.29, 0.717) is 5.57 Å². The fourth-order valence-corrected chi connectivity index (χ4v) is 8.11. The Labute approximate surface area is 228 Å². The maximum absolute atomic E-state index is 13.5. The van der Waals surface area contributed by atoms with Crippen LogP contribution in [0.25, 0.3) is 0 Å². The lowest BCUT2D eigenvalue weighted by atomic mass is 9.53. The van der Waals surface area contributed by atoms with Crippen molar-refractivity contribution in [3.05, 3.63) is 60.3 Å². The van der Waals surface area contributed by atoms with Gasteiger partial charge in [0.2, 0.25) is 0 Å². The third kappa shape index (κ3) is 3.05. The number of hydrogen-bond donors (Lipinski definition) is 4. The minimum atomic E-state index is -2.35. The van der Waals surface area contributed by atoms with Crippen LogP contribution in [-0.2, 0) is 23.7 Å². The first kappa shape index (κ1) is 27.2. The van der Waals surface area contributed by atoms with E-state index < -0.39 is 82.9 Å². The molecular formula is C30H38O9. The molecule has 0 aromatic rings. The molecule has 4 N–H and O–H groups in total. The van der Waals surface area contributed by atoms with Crippen molar-refractivity contribution >= 4 is 5.78 Å². The Morgan fingerprint density at radius 2 is 1.85 bits per heavy atom. The van der Waals surface area contributed by atoms with Gasteiger partial charge in [-0.1, -0.05) is 63.3 Å². The molecule has 0 amide bonds. The van der Waals surface area contributed by atoms with Gasteiger partial charge in [-0.05, 0) is 31.4 Å². The third-order valence-electron chi connectivity index (χ3n) is 10.0. The topological polar surface area (TPSA) is 138 Å². The number of fused-ring (bicyclic) bond motifs is 3. The molecule has 0 unspecified atom stereocenters. The first-order valence-electron chi connectivity index (χ1n) is 13.8. The monoisotopic (exact) mass is 542 g/mol. The van der Waals surface area contributed by atoms with Crippen LogP contribution in [0.2, 0.25) is 0 Å². The number of carbonyl (C=O) groups excluding carboxylic acids is 1. The Bertz CT molecular complexity index is 1220.